The van der Waals surface area contributed by atoms with Gasteiger partial charge in [-0.3, -0.25) is 4.79 Å². The number of nitrogens with one attached hydrogen (secondary N) is 2. The van der Waals surface area contributed by atoms with Crippen LogP contribution in [0.15, 0.2) is 71.6 Å². The Labute approximate surface area is 229 Å². The van der Waals surface area contributed by atoms with E-state index in [0.717, 1.165) is 11.6 Å². The number of fused-ring (bicyclic) bond motifs is 1. The second kappa shape index (κ2) is 10.8. The molecular weight excluding hydrogens is 557 g/mol. The Morgan fingerprint density at radius 2 is 1.77 bits per heavy atom. The minimum atomic E-state index is -4.71. The highest BCUT2D eigenvalue weighted by molar-refractivity contribution is 7.89. The normalized spacial score (nSPS) is 18.6. The zero-order valence-electron chi connectivity index (χ0n) is 20.9. The van der Waals surface area contributed by atoms with Crippen LogP contribution < -0.4 is 14.8 Å². The van der Waals surface area contributed by atoms with Crippen molar-refractivity contribution in [2.45, 2.75) is 49.1 Å². The number of sulfonamides is 1. The molecule has 12 heteroatoms. The lowest BCUT2D eigenvalue weighted by atomic mass is 9.86. The first kappa shape index (κ1) is 28.9. The van der Waals surface area contributed by atoms with E-state index >= 15 is 0 Å². The standard InChI is InChI=1S/C27H26ClF3N2O5S/c1-26(2)24(34)23(33-39(36,37)22-11-9-18(15-20(22)28)27(29,30)31)19-14-17(8-10-21(19)38-26)25(35)32-13-12-16-6-4-3-5-7-16/h3-11,14-15,23-24,33-34H,12-13H2,1-2H3,(H,32,35)/t23-,24+/m1/s1. The van der Waals surface area contributed by atoms with Crippen LogP contribution in [0.1, 0.15) is 46.9 Å². The first-order valence-corrected chi connectivity index (χ1v) is 13.8. The Bertz CT molecular complexity index is 1480. The molecule has 0 saturated carbocycles. The van der Waals surface area contributed by atoms with E-state index < -0.39 is 55.3 Å². The number of aliphatic hydroxyl groups excluding tert-OH is 1. The second-order valence-corrected chi connectivity index (χ2v) is 11.7. The summed E-state index contributed by atoms with van der Waals surface area (Å²) in [6.45, 7) is 3.46. The van der Waals surface area contributed by atoms with Gasteiger partial charge in [-0.05, 0) is 62.2 Å². The van der Waals surface area contributed by atoms with E-state index in [0.29, 0.717) is 25.1 Å². The summed E-state index contributed by atoms with van der Waals surface area (Å²) in [6, 6.07) is 14.6. The van der Waals surface area contributed by atoms with E-state index in [1.165, 1.54) is 18.2 Å². The summed E-state index contributed by atoms with van der Waals surface area (Å²) in [4.78, 5) is 12.2. The molecule has 7 nitrogen and oxygen atoms in total. The lowest BCUT2D eigenvalue weighted by molar-refractivity contribution is -0.137. The number of alkyl halides is 3. The number of benzene rings is 3. The maximum Gasteiger partial charge on any atom is 0.416 e. The van der Waals surface area contributed by atoms with Gasteiger partial charge in [-0.25, -0.2) is 13.1 Å². The molecule has 1 aliphatic heterocycles. The summed E-state index contributed by atoms with van der Waals surface area (Å²) < 4.78 is 73.8. The number of hydrogen-bond acceptors (Lipinski definition) is 5. The number of halogens is 4. The van der Waals surface area contributed by atoms with Gasteiger partial charge in [0, 0.05) is 17.7 Å². The van der Waals surface area contributed by atoms with Gasteiger partial charge in [-0.15, -0.1) is 0 Å². The van der Waals surface area contributed by atoms with Gasteiger partial charge in [0.1, 0.15) is 22.4 Å². The summed E-state index contributed by atoms with van der Waals surface area (Å²) in [5.41, 5.74) is -0.924. The third-order valence-electron chi connectivity index (χ3n) is 6.38. The number of hydrogen-bond donors (Lipinski definition) is 3. The second-order valence-electron chi connectivity index (χ2n) is 9.64. The molecule has 2 atom stereocenters. The van der Waals surface area contributed by atoms with Crippen molar-refractivity contribution in [3.8, 4) is 5.75 Å². The van der Waals surface area contributed by atoms with Gasteiger partial charge in [-0.2, -0.15) is 13.2 Å². The summed E-state index contributed by atoms with van der Waals surface area (Å²) >= 11 is 5.93. The predicted molar refractivity (Wildman–Crippen MR) is 139 cm³/mol. The minimum Gasteiger partial charge on any atom is -0.485 e. The average molecular weight is 583 g/mol. The van der Waals surface area contributed by atoms with Crippen molar-refractivity contribution < 1.29 is 36.2 Å². The van der Waals surface area contributed by atoms with Crippen LogP contribution in [-0.2, 0) is 22.6 Å². The number of amides is 1. The number of ether oxygens (including phenoxy) is 1. The lowest BCUT2D eigenvalue weighted by Gasteiger charge is -2.42. The molecule has 1 amide bonds. The summed E-state index contributed by atoms with van der Waals surface area (Å²) in [6.07, 6.45) is -5.54. The van der Waals surface area contributed by atoms with Crippen LogP contribution in [0.2, 0.25) is 5.02 Å². The number of rotatable bonds is 7. The van der Waals surface area contributed by atoms with E-state index in [4.69, 9.17) is 16.3 Å². The fraction of sp³-hybridized carbons (Fsp3) is 0.296. The molecule has 4 rings (SSSR count). The average Bonchev–Trinajstić information content (AvgIpc) is 2.86. The van der Waals surface area contributed by atoms with E-state index in [2.05, 4.69) is 10.0 Å². The van der Waals surface area contributed by atoms with Gasteiger partial charge in [0.25, 0.3) is 5.91 Å². The van der Waals surface area contributed by atoms with Crippen LogP contribution in [0, 0.1) is 0 Å². The fourth-order valence-corrected chi connectivity index (χ4v) is 6.03. The van der Waals surface area contributed by atoms with Crippen LogP contribution in [-0.4, -0.2) is 37.7 Å². The number of aliphatic hydroxyl groups is 1. The van der Waals surface area contributed by atoms with E-state index in [-0.39, 0.29) is 16.9 Å². The quantitative estimate of drug-likeness (QED) is 0.368. The molecule has 0 aliphatic carbocycles. The molecule has 0 radical (unpaired) electrons. The van der Waals surface area contributed by atoms with Crippen molar-refractivity contribution in [2.75, 3.05) is 6.54 Å². The van der Waals surface area contributed by atoms with Crippen molar-refractivity contribution in [3.05, 3.63) is 94.0 Å². The Morgan fingerprint density at radius 3 is 2.41 bits per heavy atom. The van der Waals surface area contributed by atoms with Gasteiger partial charge in [0.05, 0.1) is 16.6 Å². The maximum absolute atomic E-state index is 13.2. The highest BCUT2D eigenvalue weighted by Crippen LogP contribution is 2.41. The van der Waals surface area contributed by atoms with Crippen LogP contribution >= 0.6 is 11.6 Å². The van der Waals surface area contributed by atoms with Crippen LogP contribution in [0.5, 0.6) is 5.75 Å². The molecule has 1 heterocycles. The first-order chi connectivity index (χ1) is 18.2. The third-order valence-corrected chi connectivity index (χ3v) is 8.30. The molecule has 3 aromatic rings. The van der Waals surface area contributed by atoms with Crippen LogP contribution in [0.3, 0.4) is 0 Å². The molecular formula is C27H26ClF3N2O5S. The van der Waals surface area contributed by atoms with E-state index in [1.54, 1.807) is 13.8 Å². The molecule has 0 aromatic heterocycles. The molecule has 0 saturated heterocycles. The lowest BCUT2D eigenvalue weighted by Crippen LogP contribution is -2.53. The molecule has 0 bridgehead atoms. The third kappa shape index (κ3) is 6.38. The largest absolute Gasteiger partial charge is 0.485 e. The first-order valence-electron chi connectivity index (χ1n) is 11.9. The molecule has 208 valence electrons. The molecule has 39 heavy (non-hydrogen) atoms. The Hall–Kier alpha value is -3.12. The molecule has 3 N–H and O–H groups in total. The zero-order chi connectivity index (χ0) is 28.6. The van der Waals surface area contributed by atoms with E-state index in [9.17, 15) is 31.5 Å². The van der Waals surface area contributed by atoms with Crippen molar-refractivity contribution in [1.29, 1.82) is 0 Å². The minimum absolute atomic E-state index is 0.184. The van der Waals surface area contributed by atoms with Crippen LogP contribution in [0.4, 0.5) is 13.2 Å². The Balaban J connectivity index is 1.61. The highest BCUT2D eigenvalue weighted by Gasteiger charge is 2.45. The smallest absolute Gasteiger partial charge is 0.416 e. The molecule has 0 fully saturated rings. The van der Waals surface area contributed by atoms with Crippen molar-refractivity contribution in [1.82, 2.24) is 10.0 Å². The summed E-state index contributed by atoms with van der Waals surface area (Å²) in [5.74, 6) is -0.183. The van der Waals surface area contributed by atoms with Gasteiger partial charge >= 0.3 is 6.18 Å². The zero-order valence-corrected chi connectivity index (χ0v) is 22.5. The molecule has 0 spiro atoms. The van der Waals surface area contributed by atoms with Gasteiger partial charge in [-0.1, -0.05) is 41.9 Å². The molecule has 1 aliphatic rings. The summed E-state index contributed by atoms with van der Waals surface area (Å²) in [7, 11) is -4.52. The fourth-order valence-electron chi connectivity index (χ4n) is 4.26. The number of carbonyl (C=O) groups is 1. The van der Waals surface area contributed by atoms with E-state index in [1.807, 2.05) is 30.3 Å². The van der Waals surface area contributed by atoms with Gasteiger partial charge in [0.15, 0.2) is 0 Å². The molecule has 3 aromatic carbocycles. The van der Waals surface area contributed by atoms with Gasteiger partial charge < -0.3 is 15.2 Å². The monoisotopic (exact) mass is 582 g/mol. The maximum atomic E-state index is 13.2. The van der Waals surface area contributed by atoms with Gasteiger partial charge in [0.2, 0.25) is 10.0 Å². The Morgan fingerprint density at radius 1 is 1.08 bits per heavy atom. The highest BCUT2D eigenvalue weighted by atomic mass is 35.5. The van der Waals surface area contributed by atoms with Crippen molar-refractivity contribution in [2.24, 2.45) is 0 Å². The molecule has 0 unspecified atom stereocenters. The van der Waals surface area contributed by atoms with Crippen molar-refractivity contribution in [3.63, 3.8) is 0 Å². The SMILES string of the molecule is CC1(C)Oc2ccc(C(=O)NCCc3ccccc3)cc2[C@@H](NS(=O)(=O)c2ccc(C(F)(F)F)cc2Cl)[C@@H]1O. The predicted octanol–water partition coefficient (Wildman–Crippen LogP) is 4.88. The number of carbonyl (C=O) groups excluding carboxylic acids is 1. The topological polar surface area (TPSA) is 105 Å². The van der Waals surface area contributed by atoms with Crippen molar-refractivity contribution >= 4 is 27.5 Å². The summed E-state index contributed by atoms with van der Waals surface area (Å²) in [5, 5.41) is 13.2. The van der Waals surface area contributed by atoms with Crippen LogP contribution in [0.25, 0.3) is 0 Å². The Kier molecular flexibility index (Phi) is 8.00.